The van der Waals surface area contributed by atoms with Crippen molar-refractivity contribution < 1.29 is 17.4 Å². The first-order valence-electron chi connectivity index (χ1n) is 5.10. The minimum absolute atomic E-state index is 0.208. The summed E-state index contributed by atoms with van der Waals surface area (Å²) in [6.45, 7) is 8.93. The van der Waals surface area contributed by atoms with Gasteiger partial charge in [-0.1, -0.05) is 19.1 Å². The van der Waals surface area contributed by atoms with Crippen LogP contribution in [0.15, 0.2) is 25.3 Å². The Bertz CT molecular complexity index is 355. The number of amides is 1. The van der Waals surface area contributed by atoms with E-state index in [9.17, 15) is 13.2 Å². The van der Waals surface area contributed by atoms with Gasteiger partial charge in [-0.3, -0.25) is 4.79 Å². The Labute approximate surface area is 102 Å². The monoisotopic (exact) mass is 262 g/mol. The van der Waals surface area contributed by atoms with Crippen LogP contribution in [0.4, 0.5) is 0 Å². The average molecular weight is 262 g/mol. The summed E-state index contributed by atoms with van der Waals surface area (Å²) in [5.41, 5.74) is 0. The van der Waals surface area contributed by atoms with Crippen molar-refractivity contribution in [2.45, 2.75) is 6.92 Å². The van der Waals surface area contributed by atoms with E-state index >= 15 is 0 Å². The number of hydrogen-bond donors (Lipinski definition) is 1. The lowest BCUT2D eigenvalue weighted by atomic mass is 10.4. The summed E-state index contributed by atoms with van der Waals surface area (Å²) in [5, 5.41) is 0. The Balaban J connectivity index is 4.31. The maximum atomic E-state index is 11.6. The normalized spacial score (nSPS) is 10.9. The lowest BCUT2D eigenvalue weighted by molar-refractivity contribution is -0.132. The molecule has 0 rings (SSSR count). The average Bonchev–Trinajstić information content (AvgIpc) is 2.26. The van der Waals surface area contributed by atoms with Crippen LogP contribution in [-0.4, -0.2) is 45.5 Å². The smallest absolute Gasteiger partial charge is 0.333 e. The molecule has 98 valence electrons. The molecule has 0 bridgehead atoms. The van der Waals surface area contributed by atoms with E-state index < -0.39 is 22.8 Å². The number of hydrogen-bond acceptors (Lipinski definition) is 4. The molecule has 0 saturated heterocycles. The third kappa shape index (κ3) is 6.88. The summed E-state index contributed by atoms with van der Waals surface area (Å²) in [4.78, 5) is 13.0. The second-order valence-corrected chi connectivity index (χ2v) is 4.52. The van der Waals surface area contributed by atoms with Gasteiger partial charge in [0.2, 0.25) is 0 Å². The van der Waals surface area contributed by atoms with Gasteiger partial charge in [0.25, 0.3) is 5.91 Å². The van der Waals surface area contributed by atoms with Crippen molar-refractivity contribution in [2.75, 3.05) is 26.2 Å². The lowest BCUT2D eigenvalue weighted by Crippen LogP contribution is -2.36. The highest BCUT2D eigenvalue weighted by atomic mass is 32.2. The summed E-state index contributed by atoms with van der Waals surface area (Å²) in [7, 11) is -3.84. The van der Waals surface area contributed by atoms with Crippen LogP contribution >= 0.6 is 0 Å². The Hall–Kier alpha value is -1.18. The molecule has 7 heteroatoms. The molecular formula is C10H18N2O4S. The van der Waals surface area contributed by atoms with E-state index in [1.807, 2.05) is 0 Å². The first kappa shape index (κ1) is 15.8. The van der Waals surface area contributed by atoms with E-state index in [1.54, 1.807) is 19.1 Å². The molecule has 0 aromatic carbocycles. The predicted molar refractivity (Wildman–Crippen MR) is 65.5 cm³/mol. The molecule has 1 amide bonds. The third-order valence-electron chi connectivity index (χ3n) is 1.71. The van der Waals surface area contributed by atoms with Gasteiger partial charge in [0, 0.05) is 19.6 Å². The van der Waals surface area contributed by atoms with E-state index in [2.05, 4.69) is 22.1 Å². The van der Waals surface area contributed by atoms with Crippen LogP contribution in [0.3, 0.4) is 0 Å². The number of nitrogens with zero attached hydrogens (tertiary/aromatic N) is 1. The van der Waals surface area contributed by atoms with Crippen molar-refractivity contribution in [3.63, 3.8) is 0 Å². The summed E-state index contributed by atoms with van der Waals surface area (Å²) >= 11 is 0. The van der Waals surface area contributed by atoms with Crippen LogP contribution in [0.5, 0.6) is 0 Å². The van der Waals surface area contributed by atoms with Crippen LogP contribution in [0.2, 0.25) is 0 Å². The Morgan fingerprint density at radius 3 is 2.29 bits per heavy atom. The fourth-order valence-electron chi connectivity index (χ4n) is 1.03. The molecular weight excluding hydrogens is 244 g/mol. The van der Waals surface area contributed by atoms with E-state index in [0.29, 0.717) is 13.1 Å². The minimum atomic E-state index is -3.84. The van der Waals surface area contributed by atoms with Gasteiger partial charge in [0.15, 0.2) is 0 Å². The van der Waals surface area contributed by atoms with Gasteiger partial charge in [-0.15, -0.1) is 13.2 Å². The number of rotatable bonds is 9. The van der Waals surface area contributed by atoms with Gasteiger partial charge in [-0.2, -0.15) is 13.1 Å². The standard InChI is InChI=1S/C10H18N2O4S/c1-4-7-12(8-5-2)10(13)9-16-17(14,15)11-6-3/h4-5,11H,1-2,6-9H2,3H3. The van der Waals surface area contributed by atoms with Crippen molar-refractivity contribution in [3.05, 3.63) is 25.3 Å². The maximum absolute atomic E-state index is 11.6. The highest BCUT2D eigenvalue weighted by molar-refractivity contribution is 7.84. The van der Waals surface area contributed by atoms with Crippen LogP contribution in [-0.2, 0) is 19.3 Å². The predicted octanol–water partition coefficient (Wildman–Crippen LogP) is 0.0579. The minimum Gasteiger partial charge on any atom is -0.333 e. The van der Waals surface area contributed by atoms with Crippen molar-refractivity contribution in [1.29, 1.82) is 0 Å². The van der Waals surface area contributed by atoms with Gasteiger partial charge in [-0.05, 0) is 0 Å². The molecule has 0 heterocycles. The summed E-state index contributed by atoms with van der Waals surface area (Å²) < 4.78 is 28.9. The SMILES string of the molecule is C=CCN(CC=C)C(=O)COS(=O)(=O)NCC. The summed E-state index contributed by atoms with van der Waals surface area (Å²) in [5.74, 6) is -0.439. The van der Waals surface area contributed by atoms with Crippen LogP contribution in [0, 0.1) is 0 Å². The molecule has 0 aromatic rings. The maximum Gasteiger partial charge on any atom is 0.336 e. The van der Waals surface area contributed by atoms with Crippen molar-refractivity contribution in [1.82, 2.24) is 9.62 Å². The number of carbonyl (C=O) groups is 1. The third-order valence-corrected chi connectivity index (χ3v) is 2.78. The van der Waals surface area contributed by atoms with Gasteiger partial charge in [-0.25, -0.2) is 4.18 Å². The molecule has 0 fully saturated rings. The molecule has 0 spiro atoms. The molecule has 0 aliphatic rings. The topological polar surface area (TPSA) is 75.7 Å². The van der Waals surface area contributed by atoms with Gasteiger partial charge >= 0.3 is 10.3 Å². The van der Waals surface area contributed by atoms with Crippen molar-refractivity contribution >= 4 is 16.2 Å². The molecule has 0 aliphatic carbocycles. The van der Waals surface area contributed by atoms with Gasteiger partial charge in [0.05, 0.1) is 0 Å². The molecule has 0 atom stereocenters. The molecule has 1 N–H and O–H groups in total. The molecule has 0 radical (unpaired) electrons. The van der Waals surface area contributed by atoms with Crippen LogP contribution in [0.25, 0.3) is 0 Å². The summed E-state index contributed by atoms with van der Waals surface area (Å²) in [6, 6.07) is 0. The molecule has 0 unspecified atom stereocenters. The zero-order chi connectivity index (χ0) is 13.3. The van der Waals surface area contributed by atoms with E-state index in [-0.39, 0.29) is 6.54 Å². The Morgan fingerprint density at radius 2 is 1.88 bits per heavy atom. The number of carbonyl (C=O) groups excluding carboxylic acids is 1. The largest absolute Gasteiger partial charge is 0.336 e. The molecule has 0 aliphatic heterocycles. The molecule has 6 nitrogen and oxygen atoms in total. The van der Waals surface area contributed by atoms with Gasteiger partial charge in [0.1, 0.15) is 6.61 Å². The zero-order valence-corrected chi connectivity index (χ0v) is 10.7. The zero-order valence-electron chi connectivity index (χ0n) is 9.89. The van der Waals surface area contributed by atoms with Crippen molar-refractivity contribution in [2.24, 2.45) is 0 Å². The second kappa shape index (κ2) is 7.99. The van der Waals surface area contributed by atoms with Crippen LogP contribution in [0.1, 0.15) is 6.92 Å². The number of nitrogens with one attached hydrogen (secondary N) is 1. The van der Waals surface area contributed by atoms with Crippen LogP contribution < -0.4 is 4.72 Å². The molecule has 17 heavy (non-hydrogen) atoms. The highest BCUT2D eigenvalue weighted by Gasteiger charge is 2.16. The fraction of sp³-hybridized carbons (Fsp3) is 0.500. The lowest BCUT2D eigenvalue weighted by Gasteiger charge is -2.18. The Morgan fingerprint density at radius 1 is 1.35 bits per heavy atom. The molecule has 0 aromatic heterocycles. The van der Waals surface area contributed by atoms with E-state index in [0.717, 1.165) is 0 Å². The first-order valence-corrected chi connectivity index (χ1v) is 6.51. The quantitative estimate of drug-likeness (QED) is 0.596. The Kier molecular flexibility index (Phi) is 7.44. The molecule has 0 saturated carbocycles. The van der Waals surface area contributed by atoms with E-state index in [4.69, 9.17) is 0 Å². The first-order chi connectivity index (χ1) is 7.96. The second-order valence-electron chi connectivity index (χ2n) is 3.09. The highest BCUT2D eigenvalue weighted by Crippen LogP contribution is 1.95. The van der Waals surface area contributed by atoms with Gasteiger partial charge < -0.3 is 4.90 Å². The van der Waals surface area contributed by atoms with E-state index in [1.165, 1.54) is 4.90 Å². The van der Waals surface area contributed by atoms with Crippen molar-refractivity contribution in [3.8, 4) is 0 Å². The summed E-state index contributed by atoms with van der Waals surface area (Å²) in [6.07, 6.45) is 3.08. The fourth-order valence-corrected chi connectivity index (χ4v) is 1.72.